The number of aryl methyl sites for hydroxylation is 1. The number of aromatic nitrogens is 4. The van der Waals surface area contributed by atoms with Crippen molar-refractivity contribution in [1.29, 1.82) is 0 Å². The molecule has 3 aromatic carbocycles. The summed E-state index contributed by atoms with van der Waals surface area (Å²) in [5.74, 6) is 2.24. The van der Waals surface area contributed by atoms with Gasteiger partial charge in [0.25, 0.3) is 0 Å². The lowest BCUT2D eigenvalue weighted by molar-refractivity contribution is 0.282. The smallest absolute Gasteiger partial charge is 0.214 e. The van der Waals surface area contributed by atoms with Gasteiger partial charge in [0.1, 0.15) is 6.61 Å². The Morgan fingerprint density at radius 3 is 2.54 bits per heavy atom. The zero-order chi connectivity index (χ0) is 23.8. The van der Waals surface area contributed by atoms with Crippen LogP contribution in [0.2, 0.25) is 0 Å². The highest BCUT2D eigenvalue weighted by atomic mass is 79.9. The Morgan fingerprint density at radius 1 is 1.03 bits per heavy atom. The lowest BCUT2D eigenvalue weighted by Crippen LogP contribution is -2.17. The van der Waals surface area contributed by atoms with Crippen LogP contribution in [-0.2, 0) is 13.2 Å². The van der Waals surface area contributed by atoms with E-state index in [1.165, 1.54) is 5.56 Å². The standard InChI is InChI=1S/C25H26BrN5O2S.ClH/c1-18-8-10-19(11-9-18)17-33-24-22(26)14-20(15-23(24)32-2)16-27-12-13-34-25-28-29-30-31(25)21-6-4-3-5-7-21;/h3-11,14-15,27H,12-13,16-17H2,1-2H3;1H. The van der Waals surface area contributed by atoms with Gasteiger partial charge < -0.3 is 14.8 Å². The Bertz CT molecular complexity index is 1210. The van der Waals surface area contributed by atoms with Crippen LogP contribution in [0.3, 0.4) is 0 Å². The molecule has 0 saturated heterocycles. The highest BCUT2D eigenvalue weighted by molar-refractivity contribution is 9.10. The molecule has 4 aromatic rings. The minimum absolute atomic E-state index is 0. The molecule has 0 unspecified atom stereocenters. The van der Waals surface area contributed by atoms with Gasteiger partial charge in [-0.2, -0.15) is 4.68 Å². The van der Waals surface area contributed by atoms with Gasteiger partial charge in [0.05, 0.1) is 17.3 Å². The number of halogens is 2. The summed E-state index contributed by atoms with van der Waals surface area (Å²) in [6, 6.07) is 22.3. The third-order valence-electron chi connectivity index (χ3n) is 5.07. The number of hydrogen-bond acceptors (Lipinski definition) is 7. The van der Waals surface area contributed by atoms with Crippen LogP contribution in [0.1, 0.15) is 16.7 Å². The van der Waals surface area contributed by atoms with Crippen molar-refractivity contribution < 1.29 is 9.47 Å². The van der Waals surface area contributed by atoms with Crippen molar-refractivity contribution in [3.63, 3.8) is 0 Å². The van der Waals surface area contributed by atoms with Gasteiger partial charge in [0.2, 0.25) is 5.16 Å². The predicted molar refractivity (Wildman–Crippen MR) is 145 cm³/mol. The molecular weight excluding hydrogens is 550 g/mol. The number of nitrogens with zero attached hydrogens (tertiary/aromatic N) is 4. The van der Waals surface area contributed by atoms with Crippen LogP contribution in [0.25, 0.3) is 5.69 Å². The molecule has 0 radical (unpaired) electrons. The third kappa shape index (κ3) is 7.44. The van der Waals surface area contributed by atoms with E-state index in [1.807, 2.05) is 36.4 Å². The largest absolute Gasteiger partial charge is 0.493 e. The van der Waals surface area contributed by atoms with Gasteiger partial charge >= 0.3 is 0 Å². The molecule has 0 aliphatic rings. The van der Waals surface area contributed by atoms with Gasteiger partial charge in [0, 0.05) is 18.8 Å². The number of nitrogens with one attached hydrogen (secondary N) is 1. The average molecular weight is 577 g/mol. The molecule has 0 spiro atoms. The zero-order valence-corrected chi connectivity index (χ0v) is 22.7. The lowest BCUT2D eigenvalue weighted by Gasteiger charge is -2.15. The monoisotopic (exact) mass is 575 g/mol. The van der Waals surface area contributed by atoms with Gasteiger partial charge in [0.15, 0.2) is 11.5 Å². The van der Waals surface area contributed by atoms with E-state index in [-0.39, 0.29) is 12.4 Å². The maximum atomic E-state index is 6.06. The van der Waals surface area contributed by atoms with Crippen molar-refractivity contribution >= 4 is 40.1 Å². The number of tetrazole rings is 1. The molecule has 0 fully saturated rings. The molecule has 10 heteroatoms. The highest BCUT2D eigenvalue weighted by Gasteiger charge is 2.13. The van der Waals surface area contributed by atoms with Gasteiger partial charge in [-0.1, -0.05) is 59.8 Å². The summed E-state index contributed by atoms with van der Waals surface area (Å²) in [4.78, 5) is 0. The molecule has 0 atom stereocenters. The number of methoxy groups -OCH3 is 1. The van der Waals surface area contributed by atoms with Gasteiger partial charge in [-0.25, -0.2) is 0 Å². The molecule has 7 nitrogen and oxygen atoms in total. The Morgan fingerprint density at radius 2 is 1.80 bits per heavy atom. The summed E-state index contributed by atoms with van der Waals surface area (Å²) >= 11 is 5.25. The second-order valence-electron chi connectivity index (χ2n) is 7.62. The molecule has 1 aromatic heterocycles. The predicted octanol–water partition coefficient (Wildman–Crippen LogP) is 5.62. The van der Waals surface area contributed by atoms with Crippen molar-refractivity contribution in [2.45, 2.75) is 25.2 Å². The highest BCUT2D eigenvalue weighted by Crippen LogP contribution is 2.37. The summed E-state index contributed by atoms with van der Waals surface area (Å²) in [5.41, 5.74) is 4.39. The fourth-order valence-corrected chi connectivity index (χ4v) is 4.69. The minimum Gasteiger partial charge on any atom is -0.493 e. The zero-order valence-electron chi connectivity index (χ0n) is 19.5. The topological polar surface area (TPSA) is 74.1 Å². The van der Waals surface area contributed by atoms with Crippen molar-refractivity contribution in [2.75, 3.05) is 19.4 Å². The van der Waals surface area contributed by atoms with E-state index in [0.717, 1.165) is 38.7 Å². The van der Waals surface area contributed by atoms with Crippen molar-refractivity contribution in [1.82, 2.24) is 25.5 Å². The molecule has 0 saturated carbocycles. The van der Waals surface area contributed by atoms with Gasteiger partial charge in [-0.05, 0) is 68.7 Å². The van der Waals surface area contributed by atoms with Crippen LogP contribution in [0.15, 0.2) is 76.4 Å². The van der Waals surface area contributed by atoms with Crippen molar-refractivity contribution in [3.8, 4) is 17.2 Å². The molecular formula is C25H27BrClN5O2S. The number of thioether (sulfide) groups is 1. The van der Waals surface area contributed by atoms with Crippen LogP contribution in [-0.4, -0.2) is 39.6 Å². The summed E-state index contributed by atoms with van der Waals surface area (Å²) in [6.07, 6.45) is 0. The first-order valence-corrected chi connectivity index (χ1v) is 12.6. The normalized spacial score (nSPS) is 10.6. The summed E-state index contributed by atoms with van der Waals surface area (Å²) in [5, 5.41) is 16.3. The molecule has 1 heterocycles. The SMILES string of the molecule is COc1cc(CNCCSc2nnnn2-c2ccccc2)cc(Br)c1OCc1ccc(C)cc1.Cl. The number of rotatable bonds is 11. The Hall–Kier alpha value is -2.59. The van der Waals surface area contributed by atoms with Crippen LogP contribution >= 0.6 is 40.1 Å². The number of hydrogen-bond donors (Lipinski definition) is 1. The first kappa shape index (κ1) is 27.0. The fraction of sp³-hybridized carbons (Fsp3) is 0.240. The van der Waals surface area contributed by atoms with Crippen LogP contribution in [0.4, 0.5) is 0 Å². The van der Waals surface area contributed by atoms with Crippen LogP contribution < -0.4 is 14.8 Å². The fourth-order valence-electron chi connectivity index (χ4n) is 3.30. The number of ether oxygens (including phenoxy) is 2. The molecule has 4 rings (SSSR count). The molecule has 0 aliphatic carbocycles. The van der Waals surface area contributed by atoms with Crippen molar-refractivity contribution in [3.05, 3.63) is 87.9 Å². The lowest BCUT2D eigenvalue weighted by atomic mass is 10.1. The van der Waals surface area contributed by atoms with E-state index in [1.54, 1.807) is 23.6 Å². The summed E-state index contributed by atoms with van der Waals surface area (Å²) < 4.78 is 14.3. The Labute approximate surface area is 224 Å². The van der Waals surface area contributed by atoms with E-state index in [4.69, 9.17) is 9.47 Å². The first-order valence-electron chi connectivity index (χ1n) is 10.9. The maximum absolute atomic E-state index is 6.06. The maximum Gasteiger partial charge on any atom is 0.214 e. The molecule has 0 amide bonds. The van der Waals surface area contributed by atoms with Gasteiger partial charge in [-0.15, -0.1) is 17.5 Å². The summed E-state index contributed by atoms with van der Waals surface area (Å²) in [6.45, 7) is 4.06. The first-order chi connectivity index (χ1) is 16.6. The molecule has 1 N–H and O–H groups in total. The second kappa shape index (κ2) is 13.5. The van der Waals surface area contributed by atoms with E-state index in [0.29, 0.717) is 24.7 Å². The minimum atomic E-state index is 0. The average Bonchev–Trinajstić information content (AvgIpc) is 3.33. The molecule has 35 heavy (non-hydrogen) atoms. The van der Waals surface area contributed by atoms with Crippen molar-refractivity contribution in [2.24, 2.45) is 0 Å². The van der Waals surface area contributed by atoms with E-state index >= 15 is 0 Å². The third-order valence-corrected chi connectivity index (χ3v) is 6.58. The van der Waals surface area contributed by atoms with E-state index < -0.39 is 0 Å². The number of para-hydroxylation sites is 1. The Balaban J connectivity index is 0.00000342. The molecule has 0 bridgehead atoms. The quantitative estimate of drug-likeness (QED) is 0.183. The Kier molecular flexibility index (Phi) is 10.4. The molecule has 0 aliphatic heterocycles. The van der Waals surface area contributed by atoms with Gasteiger partial charge in [-0.3, -0.25) is 0 Å². The molecule has 184 valence electrons. The number of benzene rings is 3. The van der Waals surface area contributed by atoms with E-state index in [9.17, 15) is 0 Å². The van der Waals surface area contributed by atoms with Crippen LogP contribution in [0.5, 0.6) is 11.5 Å². The summed E-state index contributed by atoms with van der Waals surface area (Å²) in [7, 11) is 1.66. The van der Waals surface area contributed by atoms with E-state index in [2.05, 4.69) is 74.0 Å². The van der Waals surface area contributed by atoms with Crippen LogP contribution in [0, 0.1) is 6.92 Å². The second-order valence-corrected chi connectivity index (χ2v) is 9.53.